The second-order valence-electron chi connectivity index (χ2n) is 7.48. The van der Waals surface area contributed by atoms with E-state index in [1.54, 1.807) is 18.2 Å². The maximum absolute atomic E-state index is 12.9. The van der Waals surface area contributed by atoms with Crippen LogP contribution in [0.4, 0.5) is 11.7 Å². The summed E-state index contributed by atoms with van der Waals surface area (Å²) < 4.78 is 5.74. The summed E-state index contributed by atoms with van der Waals surface area (Å²) in [5.74, 6) is -0.0722. The lowest BCUT2D eigenvalue weighted by atomic mass is 10.0. The van der Waals surface area contributed by atoms with E-state index in [-0.39, 0.29) is 17.8 Å². The largest absolute Gasteiger partial charge is 0.403 e. The molecule has 1 atom stereocenters. The Kier molecular flexibility index (Phi) is 5.13. The van der Waals surface area contributed by atoms with Crippen LogP contribution < -0.4 is 10.6 Å². The van der Waals surface area contributed by atoms with Gasteiger partial charge in [-0.05, 0) is 36.8 Å². The van der Waals surface area contributed by atoms with Crippen LogP contribution in [0.3, 0.4) is 0 Å². The third-order valence-corrected chi connectivity index (χ3v) is 5.27. The van der Waals surface area contributed by atoms with E-state index in [9.17, 15) is 4.79 Å². The molecule has 160 valence electrons. The van der Waals surface area contributed by atoms with Gasteiger partial charge < -0.3 is 15.1 Å². The Bertz CT molecular complexity index is 1420. The first-order chi connectivity index (χ1) is 16.1. The van der Waals surface area contributed by atoms with Crippen LogP contribution in [-0.2, 0) is 4.79 Å². The Hall–Kier alpha value is -4.77. The van der Waals surface area contributed by atoms with Gasteiger partial charge in [-0.3, -0.25) is 4.79 Å². The number of aryl methyl sites for hydroxylation is 1. The van der Waals surface area contributed by atoms with Crippen molar-refractivity contribution in [3.05, 3.63) is 95.1 Å². The van der Waals surface area contributed by atoms with Gasteiger partial charge in [-0.1, -0.05) is 53.6 Å². The standard InChI is InChI=1S/C25H18N6O2/c1-15-13-17(11-12-18(15)14-26)24-30-31-25(33-24)29-22-23(32)27-20-10-6-5-9-19(20)21(28-22)16-7-3-2-4-8-16/h2-13,22H,1H3,(H,27,32)(H,29,31)/t22-/m1/s1. The van der Waals surface area contributed by atoms with E-state index in [0.717, 1.165) is 16.7 Å². The van der Waals surface area contributed by atoms with Gasteiger partial charge in [0, 0.05) is 16.7 Å². The van der Waals surface area contributed by atoms with E-state index in [0.29, 0.717) is 22.5 Å². The molecular weight excluding hydrogens is 416 g/mol. The number of rotatable bonds is 4. The number of carbonyl (C=O) groups excluding carboxylic acids is 1. The Balaban J connectivity index is 1.48. The van der Waals surface area contributed by atoms with Crippen LogP contribution in [0.15, 0.2) is 82.2 Å². The number of carbonyl (C=O) groups is 1. The SMILES string of the molecule is Cc1cc(-c2nnc(N[C@H]3N=C(c4ccccc4)c4ccccc4NC3=O)o2)ccc1C#N. The Morgan fingerprint density at radius 2 is 1.79 bits per heavy atom. The second kappa shape index (κ2) is 8.40. The number of hydrogen-bond acceptors (Lipinski definition) is 7. The Morgan fingerprint density at radius 1 is 1.00 bits per heavy atom. The topological polar surface area (TPSA) is 116 Å². The van der Waals surface area contributed by atoms with Gasteiger partial charge in [0.25, 0.3) is 5.91 Å². The van der Waals surface area contributed by atoms with Crippen LogP contribution in [0, 0.1) is 18.3 Å². The highest BCUT2D eigenvalue weighted by molar-refractivity contribution is 6.19. The fraction of sp³-hybridized carbons (Fsp3) is 0.0800. The van der Waals surface area contributed by atoms with Crippen LogP contribution in [0.25, 0.3) is 11.5 Å². The molecule has 0 saturated heterocycles. The normalized spacial score (nSPS) is 15.0. The van der Waals surface area contributed by atoms with Crippen LogP contribution in [-0.4, -0.2) is 28.0 Å². The molecule has 0 saturated carbocycles. The first-order valence-corrected chi connectivity index (χ1v) is 10.3. The van der Waals surface area contributed by atoms with Gasteiger partial charge in [-0.25, -0.2) is 4.99 Å². The number of fused-ring (bicyclic) bond motifs is 1. The van der Waals surface area contributed by atoms with Crippen molar-refractivity contribution < 1.29 is 9.21 Å². The summed E-state index contributed by atoms with van der Waals surface area (Å²) in [7, 11) is 0. The molecule has 1 amide bonds. The molecule has 1 aromatic heterocycles. The molecule has 0 fully saturated rings. The van der Waals surface area contributed by atoms with Gasteiger partial charge >= 0.3 is 6.01 Å². The smallest absolute Gasteiger partial charge is 0.317 e. The van der Waals surface area contributed by atoms with Gasteiger partial charge in [0.2, 0.25) is 12.1 Å². The quantitative estimate of drug-likeness (QED) is 0.499. The molecule has 8 nitrogen and oxygen atoms in total. The molecule has 5 rings (SSSR count). The minimum atomic E-state index is -0.983. The molecule has 1 aliphatic heterocycles. The number of amides is 1. The number of hydrogen-bond donors (Lipinski definition) is 2. The number of nitriles is 1. The summed E-state index contributed by atoms with van der Waals surface area (Å²) in [4.78, 5) is 17.7. The van der Waals surface area contributed by atoms with Crippen LogP contribution in [0.5, 0.6) is 0 Å². The minimum Gasteiger partial charge on any atom is -0.403 e. The average molecular weight is 434 g/mol. The lowest BCUT2D eigenvalue weighted by Gasteiger charge is -2.11. The number of benzene rings is 3. The summed E-state index contributed by atoms with van der Waals surface area (Å²) in [5.41, 5.74) is 5.11. The van der Waals surface area contributed by atoms with E-state index >= 15 is 0 Å². The maximum atomic E-state index is 12.9. The van der Waals surface area contributed by atoms with E-state index in [1.165, 1.54) is 0 Å². The van der Waals surface area contributed by atoms with Crippen LogP contribution in [0.2, 0.25) is 0 Å². The highest BCUT2D eigenvalue weighted by Crippen LogP contribution is 2.26. The Morgan fingerprint density at radius 3 is 2.58 bits per heavy atom. The van der Waals surface area contributed by atoms with E-state index < -0.39 is 6.17 Å². The van der Waals surface area contributed by atoms with Gasteiger partial charge in [-0.15, -0.1) is 5.10 Å². The van der Waals surface area contributed by atoms with Crippen molar-refractivity contribution in [2.75, 3.05) is 10.6 Å². The summed E-state index contributed by atoms with van der Waals surface area (Å²) >= 11 is 0. The fourth-order valence-corrected chi connectivity index (χ4v) is 3.62. The molecule has 0 bridgehead atoms. The number of aromatic nitrogens is 2. The molecule has 4 aromatic rings. The fourth-order valence-electron chi connectivity index (χ4n) is 3.62. The van der Waals surface area contributed by atoms with Crippen molar-refractivity contribution in [3.63, 3.8) is 0 Å². The number of aliphatic imine (C=N–C) groups is 1. The third-order valence-electron chi connectivity index (χ3n) is 5.27. The van der Waals surface area contributed by atoms with Crippen LogP contribution >= 0.6 is 0 Å². The van der Waals surface area contributed by atoms with Crippen molar-refractivity contribution in [1.82, 2.24) is 10.2 Å². The molecular formula is C25H18N6O2. The van der Waals surface area contributed by atoms with Crippen molar-refractivity contribution in [2.45, 2.75) is 13.1 Å². The monoisotopic (exact) mass is 434 g/mol. The summed E-state index contributed by atoms with van der Waals surface area (Å²) in [6.07, 6.45) is -0.983. The second-order valence-corrected chi connectivity index (χ2v) is 7.48. The molecule has 3 aromatic carbocycles. The van der Waals surface area contributed by atoms with Gasteiger partial charge in [0.15, 0.2) is 0 Å². The van der Waals surface area contributed by atoms with Crippen LogP contribution in [0.1, 0.15) is 22.3 Å². The van der Waals surface area contributed by atoms with Crippen molar-refractivity contribution in [1.29, 1.82) is 5.26 Å². The first-order valence-electron chi connectivity index (χ1n) is 10.3. The molecule has 1 aliphatic rings. The third kappa shape index (κ3) is 3.95. The zero-order valence-electron chi connectivity index (χ0n) is 17.6. The molecule has 0 radical (unpaired) electrons. The number of nitrogens with zero attached hydrogens (tertiary/aromatic N) is 4. The zero-order chi connectivity index (χ0) is 22.8. The number of para-hydroxylation sites is 1. The molecule has 2 N–H and O–H groups in total. The van der Waals surface area contributed by atoms with E-state index in [1.807, 2.05) is 61.5 Å². The zero-order valence-corrected chi connectivity index (χ0v) is 17.6. The predicted octanol–water partition coefficient (Wildman–Crippen LogP) is 4.14. The molecule has 33 heavy (non-hydrogen) atoms. The highest BCUT2D eigenvalue weighted by Gasteiger charge is 2.27. The number of nitrogens with one attached hydrogen (secondary N) is 2. The number of anilines is 2. The lowest BCUT2D eigenvalue weighted by Crippen LogP contribution is -2.32. The highest BCUT2D eigenvalue weighted by atomic mass is 16.4. The Labute approximate surface area is 189 Å². The molecule has 2 heterocycles. The average Bonchev–Trinajstić information content (AvgIpc) is 3.26. The van der Waals surface area contributed by atoms with Crippen molar-refractivity contribution in [3.8, 4) is 17.5 Å². The molecule has 0 aliphatic carbocycles. The molecule has 8 heteroatoms. The predicted molar refractivity (Wildman–Crippen MR) is 124 cm³/mol. The summed E-state index contributed by atoms with van der Waals surface area (Å²) in [5, 5.41) is 23.1. The number of benzodiazepines with no additional fused rings is 1. The minimum absolute atomic E-state index is 0.0641. The van der Waals surface area contributed by atoms with Gasteiger partial charge in [-0.2, -0.15) is 5.26 Å². The van der Waals surface area contributed by atoms with E-state index in [4.69, 9.17) is 14.7 Å². The van der Waals surface area contributed by atoms with Crippen molar-refractivity contribution in [2.24, 2.45) is 4.99 Å². The first kappa shape index (κ1) is 20.2. The van der Waals surface area contributed by atoms with Gasteiger partial charge in [0.1, 0.15) is 0 Å². The van der Waals surface area contributed by atoms with Crippen molar-refractivity contribution >= 4 is 23.3 Å². The summed E-state index contributed by atoms with van der Waals surface area (Å²) in [6, 6.07) is 24.6. The molecule has 0 spiro atoms. The lowest BCUT2D eigenvalue weighted by molar-refractivity contribution is -0.116. The summed E-state index contributed by atoms with van der Waals surface area (Å²) in [6.45, 7) is 1.84. The molecule has 0 unspecified atom stereocenters. The van der Waals surface area contributed by atoms with Gasteiger partial charge in [0.05, 0.1) is 23.0 Å². The maximum Gasteiger partial charge on any atom is 0.317 e. The van der Waals surface area contributed by atoms with E-state index in [2.05, 4.69) is 26.9 Å².